The van der Waals surface area contributed by atoms with Crippen LogP contribution in [0.4, 0.5) is 5.69 Å². The van der Waals surface area contributed by atoms with Gasteiger partial charge >= 0.3 is 0 Å². The third-order valence-electron chi connectivity index (χ3n) is 5.11. The molecule has 0 fully saturated rings. The van der Waals surface area contributed by atoms with Gasteiger partial charge in [0, 0.05) is 17.0 Å². The molecule has 1 unspecified atom stereocenters. The van der Waals surface area contributed by atoms with Crippen LogP contribution in [0.1, 0.15) is 23.6 Å². The third kappa shape index (κ3) is 4.34. The Morgan fingerprint density at radius 3 is 2.33 bits per heavy atom. The molecule has 30 heavy (non-hydrogen) atoms. The molecule has 0 amide bonds. The Balaban J connectivity index is 1.65. The Kier molecular flexibility index (Phi) is 6.05. The molecule has 4 rings (SSSR count). The Morgan fingerprint density at radius 2 is 1.63 bits per heavy atom. The van der Waals surface area contributed by atoms with Crippen LogP contribution in [-0.4, -0.2) is 19.9 Å². The SMILES string of the molecule is COc1ccc(/C=C/C2=NN(c3ccc(Cl)cc3)C(c3ccccc3OC)C2)cc1. The van der Waals surface area contributed by atoms with E-state index in [4.69, 9.17) is 26.2 Å². The minimum absolute atomic E-state index is 0.0397. The zero-order chi connectivity index (χ0) is 20.9. The molecule has 0 N–H and O–H groups in total. The molecule has 0 radical (unpaired) electrons. The largest absolute Gasteiger partial charge is 0.497 e. The number of ether oxygens (including phenoxy) is 2. The quantitative estimate of drug-likeness (QED) is 0.466. The average Bonchev–Trinajstić information content (AvgIpc) is 3.22. The number of benzene rings is 3. The van der Waals surface area contributed by atoms with Crippen LogP contribution >= 0.6 is 11.6 Å². The standard InChI is InChI=1S/C25H23ClN2O2/c1-29-22-15-8-18(9-16-22)7-12-20-17-24(23-5-3-4-6-25(23)30-2)28(27-20)21-13-10-19(26)11-14-21/h3-16,24H,17H2,1-2H3/b12-7+. The van der Waals surface area contributed by atoms with Crippen LogP contribution in [0.5, 0.6) is 11.5 Å². The predicted molar refractivity (Wildman–Crippen MR) is 124 cm³/mol. The molecule has 0 spiro atoms. The number of nitrogens with zero attached hydrogens (tertiary/aromatic N) is 2. The molecule has 0 bridgehead atoms. The first-order valence-electron chi connectivity index (χ1n) is 9.75. The molecule has 1 heterocycles. The molecule has 3 aromatic rings. The fraction of sp³-hybridized carbons (Fsp3) is 0.160. The first kappa shape index (κ1) is 20.0. The molecule has 1 atom stereocenters. The van der Waals surface area contributed by atoms with E-state index in [0.717, 1.165) is 40.4 Å². The highest BCUT2D eigenvalue weighted by molar-refractivity contribution is 6.30. The van der Waals surface area contributed by atoms with Crippen molar-refractivity contribution in [1.82, 2.24) is 0 Å². The van der Waals surface area contributed by atoms with E-state index in [1.165, 1.54) is 0 Å². The smallest absolute Gasteiger partial charge is 0.124 e. The first-order chi connectivity index (χ1) is 14.7. The van der Waals surface area contributed by atoms with Gasteiger partial charge in [-0.05, 0) is 54.1 Å². The minimum atomic E-state index is 0.0397. The Bertz CT molecular complexity index is 1060. The molecular formula is C25H23ClN2O2. The van der Waals surface area contributed by atoms with Gasteiger partial charge in [0.2, 0.25) is 0 Å². The van der Waals surface area contributed by atoms with Crippen molar-refractivity contribution >= 4 is 29.1 Å². The van der Waals surface area contributed by atoms with Crippen molar-refractivity contribution in [3.8, 4) is 11.5 Å². The average molecular weight is 419 g/mol. The van der Waals surface area contributed by atoms with Gasteiger partial charge in [-0.25, -0.2) is 0 Å². The maximum atomic E-state index is 6.09. The van der Waals surface area contributed by atoms with Crippen LogP contribution < -0.4 is 14.5 Å². The Morgan fingerprint density at radius 1 is 0.900 bits per heavy atom. The number of para-hydroxylation sites is 1. The molecule has 1 aliphatic rings. The second-order valence-electron chi connectivity index (χ2n) is 6.98. The summed E-state index contributed by atoms with van der Waals surface area (Å²) in [6.07, 6.45) is 4.92. The molecule has 0 aromatic heterocycles. The summed E-state index contributed by atoms with van der Waals surface area (Å²) in [6, 6.07) is 23.8. The van der Waals surface area contributed by atoms with Crippen molar-refractivity contribution in [3.05, 3.63) is 95.0 Å². The van der Waals surface area contributed by atoms with Crippen LogP contribution in [-0.2, 0) is 0 Å². The Hall–Kier alpha value is -3.24. The number of halogens is 1. The first-order valence-corrected chi connectivity index (χ1v) is 10.1. The van der Waals surface area contributed by atoms with E-state index in [1.807, 2.05) is 71.7 Å². The summed E-state index contributed by atoms with van der Waals surface area (Å²) >= 11 is 6.09. The zero-order valence-corrected chi connectivity index (χ0v) is 17.7. The van der Waals surface area contributed by atoms with Crippen LogP contribution in [0.25, 0.3) is 6.08 Å². The topological polar surface area (TPSA) is 34.1 Å². The van der Waals surface area contributed by atoms with Gasteiger partial charge in [-0.3, -0.25) is 5.01 Å². The summed E-state index contributed by atoms with van der Waals surface area (Å²) in [4.78, 5) is 0. The van der Waals surface area contributed by atoms with Gasteiger partial charge in [0.05, 0.1) is 31.7 Å². The van der Waals surface area contributed by atoms with E-state index < -0.39 is 0 Å². The van der Waals surface area contributed by atoms with Gasteiger partial charge in [-0.15, -0.1) is 0 Å². The molecule has 0 saturated carbocycles. The van der Waals surface area contributed by atoms with E-state index in [1.54, 1.807) is 14.2 Å². The summed E-state index contributed by atoms with van der Waals surface area (Å²) in [7, 11) is 3.37. The summed E-state index contributed by atoms with van der Waals surface area (Å²) in [5, 5.41) is 7.66. The second-order valence-corrected chi connectivity index (χ2v) is 7.42. The van der Waals surface area contributed by atoms with E-state index in [-0.39, 0.29) is 6.04 Å². The van der Waals surface area contributed by atoms with Crippen molar-refractivity contribution in [2.45, 2.75) is 12.5 Å². The number of allylic oxidation sites excluding steroid dienone is 1. The van der Waals surface area contributed by atoms with Gasteiger partial charge in [-0.2, -0.15) is 5.10 Å². The van der Waals surface area contributed by atoms with Crippen LogP contribution in [0.2, 0.25) is 5.02 Å². The van der Waals surface area contributed by atoms with Crippen molar-refractivity contribution in [1.29, 1.82) is 0 Å². The molecule has 152 valence electrons. The number of hydrazone groups is 1. The molecule has 5 heteroatoms. The third-order valence-corrected chi connectivity index (χ3v) is 5.36. The molecule has 4 nitrogen and oxygen atoms in total. The molecule has 1 aliphatic heterocycles. The Labute approximate surface area is 182 Å². The van der Waals surface area contributed by atoms with Crippen molar-refractivity contribution in [3.63, 3.8) is 0 Å². The highest BCUT2D eigenvalue weighted by Gasteiger charge is 2.30. The number of hydrogen-bond acceptors (Lipinski definition) is 4. The zero-order valence-electron chi connectivity index (χ0n) is 17.0. The van der Waals surface area contributed by atoms with E-state index in [9.17, 15) is 0 Å². The van der Waals surface area contributed by atoms with Gasteiger partial charge in [0.25, 0.3) is 0 Å². The van der Waals surface area contributed by atoms with Crippen molar-refractivity contribution in [2.75, 3.05) is 19.2 Å². The lowest BCUT2D eigenvalue weighted by Gasteiger charge is -2.25. The number of rotatable bonds is 6. The van der Waals surface area contributed by atoms with Crippen LogP contribution in [0.3, 0.4) is 0 Å². The van der Waals surface area contributed by atoms with E-state index in [0.29, 0.717) is 5.02 Å². The van der Waals surface area contributed by atoms with Gasteiger partial charge in [0.15, 0.2) is 0 Å². The maximum absolute atomic E-state index is 6.09. The lowest BCUT2D eigenvalue weighted by molar-refractivity contribution is 0.405. The molecule has 3 aromatic carbocycles. The summed E-state index contributed by atoms with van der Waals surface area (Å²) < 4.78 is 10.8. The van der Waals surface area contributed by atoms with Crippen molar-refractivity contribution in [2.24, 2.45) is 5.10 Å². The molecule has 0 saturated heterocycles. The summed E-state index contributed by atoms with van der Waals surface area (Å²) in [6.45, 7) is 0. The monoisotopic (exact) mass is 418 g/mol. The second kappa shape index (κ2) is 9.06. The fourth-order valence-corrected chi connectivity index (χ4v) is 3.68. The summed E-state index contributed by atoms with van der Waals surface area (Å²) in [5.74, 6) is 1.70. The van der Waals surface area contributed by atoms with E-state index in [2.05, 4.69) is 18.2 Å². The van der Waals surface area contributed by atoms with Crippen LogP contribution in [0, 0.1) is 0 Å². The van der Waals surface area contributed by atoms with E-state index >= 15 is 0 Å². The maximum Gasteiger partial charge on any atom is 0.124 e. The number of hydrogen-bond donors (Lipinski definition) is 0. The normalized spacial score (nSPS) is 16.0. The fourth-order valence-electron chi connectivity index (χ4n) is 3.56. The predicted octanol–water partition coefficient (Wildman–Crippen LogP) is 6.38. The van der Waals surface area contributed by atoms with Crippen molar-refractivity contribution < 1.29 is 9.47 Å². The molecular weight excluding hydrogens is 396 g/mol. The van der Waals surface area contributed by atoms with Gasteiger partial charge < -0.3 is 9.47 Å². The minimum Gasteiger partial charge on any atom is -0.497 e. The van der Waals surface area contributed by atoms with Crippen LogP contribution in [0.15, 0.2) is 84.0 Å². The van der Waals surface area contributed by atoms with Gasteiger partial charge in [-0.1, -0.05) is 48.0 Å². The molecule has 0 aliphatic carbocycles. The lowest BCUT2D eigenvalue weighted by Crippen LogP contribution is -2.19. The summed E-state index contributed by atoms with van der Waals surface area (Å²) in [5.41, 5.74) is 4.18. The number of anilines is 1. The highest BCUT2D eigenvalue weighted by atomic mass is 35.5. The number of methoxy groups -OCH3 is 2. The lowest BCUT2D eigenvalue weighted by atomic mass is 10.00. The van der Waals surface area contributed by atoms with Gasteiger partial charge in [0.1, 0.15) is 11.5 Å². The highest BCUT2D eigenvalue weighted by Crippen LogP contribution is 2.39.